The van der Waals surface area contributed by atoms with Crippen LogP contribution in [0.4, 0.5) is 5.69 Å². The second kappa shape index (κ2) is 10.00. The summed E-state index contributed by atoms with van der Waals surface area (Å²) in [4.78, 5) is 13.0. The number of para-hydroxylation sites is 1. The second-order valence-corrected chi connectivity index (χ2v) is 7.19. The number of aliphatic carboxylic acids is 1. The van der Waals surface area contributed by atoms with E-state index in [2.05, 4.69) is 29.2 Å². The van der Waals surface area contributed by atoms with Gasteiger partial charge in [-0.1, -0.05) is 66.7 Å². The number of hydrogen-bond acceptors (Lipinski definition) is 5. The second-order valence-electron chi connectivity index (χ2n) is 7.19. The van der Waals surface area contributed by atoms with Crippen molar-refractivity contribution in [1.29, 1.82) is 0 Å². The molecule has 0 aromatic heterocycles. The zero-order valence-corrected chi connectivity index (χ0v) is 17.1. The molecular weight excluding hydrogens is 394 g/mol. The van der Waals surface area contributed by atoms with Crippen LogP contribution in [0.3, 0.4) is 0 Å². The maximum atomic E-state index is 10.9. The predicted molar refractivity (Wildman–Crippen MR) is 118 cm³/mol. The first kappa shape index (κ1) is 20.8. The monoisotopic (exact) mass is 419 g/mol. The number of ether oxygens (including phenoxy) is 3. The molecule has 0 bridgehead atoms. The lowest BCUT2D eigenvalue weighted by Crippen LogP contribution is -2.35. The summed E-state index contributed by atoms with van der Waals surface area (Å²) in [7, 11) is 0. The van der Waals surface area contributed by atoms with Crippen LogP contribution in [0.5, 0.6) is 11.5 Å². The molecule has 3 aromatic carbocycles. The van der Waals surface area contributed by atoms with Crippen molar-refractivity contribution in [3.05, 3.63) is 90.0 Å². The fourth-order valence-electron chi connectivity index (χ4n) is 3.68. The Labute approximate surface area is 181 Å². The van der Waals surface area contributed by atoms with E-state index in [1.165, 1.54) is 0 Å². The van der Waals surface area contributed by atoms with Gasteiger partial charge in [-0.2, -0.15) is 0 Å². The van der Waals surface area contributed by atoms with Gasteiger partial charge >= 0.3 is 5.97 Å². The van der Waals surface area contributed by atoms with E-state index in [0.29, 0.717) is 31.3 Å². The molecule has 1 heterocycles. The molecule has 0 fully saturated rings. The Kier molecular flexibility index (Phi) is 6.69. The third-order valence-corrected chi connectivity index (χ3v) is 5.11. The Morgan fingerprint density at radius 3 is 2.29 bits per heavy atom. The molecule has 6 heteroatoms. The number of anilines is 1. The first-order chi connectivity index (χ1) is 15.2. The van der Waals surface area contributed by atoms with E-state index in [0.717, 1.165) is 23.4 Å². The van der Waals surface area contributed by atoms with Gasteiger partial charge in [0.05, 0.1) is 18.8 Å². The van der Waals surface area contributed by atoms with Crippen LogP contribution in [-0.2, 0) is 9.53 Å². The van der Waals surface area contributed by atoms with Gasteiger partial charge in [-0.3, -0.25) is 0 Å². The summed E-state index contributed by atoms with van der Waals surface area (Å²) in [6, 6.07) is 25.9. The zero-order valence-electron chi connectivity index (χ0n) is 17.1. The highest BCUT2D eigenvalue weighted by Gasteiger charge is 2.23. The van der Waals surface area contributed by atoms with Crippen LogP contribution in [0.1, 0.15) is 17.2 Å². The third-order valence-electron chi connectivity index (χ3n) is 5.11. The molecule has 31 heavy (non-hydrogen) atoms. The molecule has 1 aliphatic rings. The molecule has 0 amide bonds. The quantitative estimate of drug-likeness (QED) is 0.562. The number of carbonyl (C=O) groups is 1. The van der Waals surface area contributed by atoms with Gasteiger partial charge in [0.1, 0.15) is 12.7 Å². The van der Waals surface area contributed by atoms with Gasteiger partial charge in [0.15, 0.2) is 18.1 Å². The number of carboxylic acids is 1. The molecule has 3 aromatic rings. The van der Waals surface area contributed by atoms with Crippen molar-refractivity contribution in [2.75, 3.05) is 37.8 Å². The molecule has 0 radical (unpaired) electrons. The van der Waals surface area contributed by atoms with Gasteiger partial charge < -0.3 is 24.2 Å². The van der Waals surface area contributed by atoms with E-state index < -0.39 is 12.6 Å². The molecule has 1 N–H and O–H groups in total. The molecule has 0 saturated carbocycles. The predicted octanol–water partition coefficient (Wildman–Crippen LogP) is 4.16. The van der Waals surface area contributed by atoms with Gasteiger partial charge in [-0.25, -0.2) is 4.79 Å². The third kappa shape index (κ3) is 5.16. The van der Waals surface area contributed by atoms with Crippen LogP contribution in [0.25, 0.3) is 0 Å². The Morgan fingerprint density at radius 1 is 0.968 bits per heavy atom. The molecule has 6 nitrogen and oxygen atoms in total. The van der Waals surface area contributed by atoms with Gasteiger partial charge in [0, 0.05) is 6.54 Å². The molecule has 0 aliphatic carbocycles. The van der Waals surface area contributed by atoms with Crippen molar-refractivity contribution in [2.24, 2.45) is 0 Å². The fraction of sp³-hybridized carbons (Fsp3) is 0.240. The number of hydrogen-bond donors (Lipinski definition) is 1. The molecule has 0 atom stereocenters. The molecule has 0 saturated heterocycles. The minimum atomic E-state index is -1.02. The highest BCUT2D eigenvalue weighted by atomic mass is 16.5. The Hall–Kier alpha value is -3.51. The molecular formula is C25H25NO5. The number of fused-ring (bicyclic) bond motifs is 1. The lowest BCUT2D eigenvalue weighted by molar-refractivity contribution is -0.139. The van der Waals surface area contributed by atoms with E-state index in [9.17, 15) is 4.79 Å². The van der Waals surface area contributed by atoms with Crippen LogP contribution in [0, 0.1) is 0 Å². The standard InChI is InChI=1S/C25H25NO5/c27-23(28)18-31-22-13-7-12-21-25(22)30-17-15-26(21)14-16-29-24(19-8-3-1-4-9-19)20-10-5-2-6-11-20/h1-13,24H,14-18H2,(H,27,28). The minimum absolute atomic E-state index is 0.145. The van der Waals surface area contributed by atoms with Gasteiger partial charge in [0.25, 0.3) is 0 Å². The number of carboxylic acid groups (broad SMARTS) is 1. The van der Waals surface area contributed by atoms with Gasteiger partial charge in [-0.05, 0) is 23.3 Å². The Morgan fingerprint density at radius 2 is 1.65 bits per heavy atom. The first-order valence-corrected chi connectivity index (χ1v) is 10.3. The molecule has 0 spiro atoms. The molecule has 4 rings (SSSR count). The Bertz CT molecular complexity index is 954. The van der Waals surface area contributed by atoms with Crippen LogP contribution in [0.15, 0.2) is 78.9 Å². The number of benzene rings is 3. The minimum Gasteiger partial charge on any atom is -0.486 e. The van der Waals surface area contributed by atoms with Crippen molar-refractivity contribution in [3.8, 4) is 11.5 Å². The summed E-state index contributed by atoms with van der Waals surface area (Å²) in [5.74, 6) is 0.00108. The fourth-order valence-corrected chi connectivity index (χ4v) is 3.68. The molecule has 160 valence electrons. The average molecular weight is 419 g/mol. The summed E-state index contributed by atoms with van der Waals surface area (Å²) >= 11 is 0. The lowest BCUT2D eigenvalue weighted by Gasteiger charge is -2.32. The normalized spacial score (nSPS) is 12.9. The van der Waals surface area contributed by atoms with Crippen LogP contribution < -0.4 is 14.4 Å². The summed E-state index contributed by atoms with van der Waals surface area (Å²) in [6.07, 6.45) is -0.145. The largest absolute Gasteiger partial charge is 0.486 e. The van der Waals surface area contributed by atoms with Crippen LogP contribution in [0.2, 0.25) is 0 Å². The summed E-state index contributed by atoms with van der Waals surface area (Å²) in [5, 5.41) is 8.89. The van der Waals surface area contributed by atoms with Crippen LogP contribution in [-0.4, -0.2) is 44.0 Å². The van der Waals surface area contributed by atoms with Gasteiger partial charge in [-0.15, -0.1) is 0 Å². The molecule has 0 unspecified atom stereocenters. The maximum absolute atomic E-state index is 10.9. The lowest BCUT2D eigenvalue weighted by atomic mass is 10.0. The van der Waals surface area contributed by atoms with Crippen molar-refractivity contribution in [3.63, 3.8) is 0 Å². The number of rotatable bonds is 9. The van der Waals surface area contributed by atoms with Crippen molar-refractivity contribution >= 4 is 11.7 Å². The van der Waals surface area contributed by atoms with E-state index in [1.807, 2.05) is 48.5 Å². The smallest absolute Gasteiger partial charge is 0.341 e. The summed E-state index contributed by atoms with van der Waals surface area (Å²) in [5.41, 5.74) is 3.11. The van der Waals surface area contributed by atoms with E-state index in [4.69, 9.17) is 19.3 Å². The summed E-state index contributed by atoms with van der Waals surface area (Å²) in [6.45, 7) is 2.02. The number of nitrogens with zero attached hydrogens (tertiary/aromatic N) is 1. The van der Waals surface area contributed by atoms with E-state index in [1.54, 1.807) is 6.07 Å². The molecule has 1 aliphatic heterocycles. The SMILES string of the molecule is O=C(O)COc1cccc2c1OCCN2CCOC(c1ccccc1)c1ccccc1. The van der Waals surface area contributed by atoms with Gasteiger partial charge in [0.2, 0.25) is 0 Å². The highest BCUT2D eigenvalue weighted by Crippen LogP contribution is 2.40. The average Bonchev–Trinajstić information content (AvgIpc) is 2.81. The van der Waals surface area contributed by atoms with Crippen LogP contribution >= 0.6 is 0 Å². The maximum Gasteiger partial charge on any atom is 0.341 e. The highest BCUT2D eigenvalue weighted by molar-refractivity contribution is 5.70. The zero-order chi connectivity index (χ0) is 21.5. The topological polar surface area (TPSA) is 68.2 Å². The van der Waals surface area contributed by atoms with E-state index >= 15 is 0 Å². The Balaban J connectivity index is 1.46. The summed E-state index contributed by atoms with van der Waals surface area (Å²) < 4.78 is 17.5. The van der Waals surface area contributed by atoms with Crippen molar-refractivity contribution in [2.45, 2.75) is 6.10 Å². The first-order valence-electron chi connectivity index (χ1n) is 10.3. The van der Waals surface area contributed by atoms with E-state index in [-0.39, 0.29) is 6.10 Å². The van der Waals surface area contributed by atoms with Crippen molar-refractivity contribution < 1.29 is 24.1 Å². The van der Waals surface area contributed by atoms with Crippen molar-refractivity contribution in [1.82, 2.24) is 0 Å².